The second-order valence-electron chi connectivity index (χ2n) is 7.59. The van der Waals surface area contributed by atoms with E-state index in [9.17, 15) is 14.7 Å². The fourth-order valence-electron chi connectivity index (χ4n) is 4.02. The van der Waals surface area contributed by atoms with Gasteiger partial charge < -0.3 is 10.4 Å². The predicted octanol–water partition coefficient (Wildman–Crippen LogP) is 4.65. The molecule has 1 aromatic heterocycles. The smallest absolute Gasteiger partial charge is 0.231 e. The molecule has 1 amide bonds. The molecule has 0 saturated heterocycles. The van der Waals surface area contributed by atoms with Crippen LogP contribution in [0.5, 0.6) is 0 Å². The predicted molar refractivity (Wildman–Crippen MR) is 117 cm³/mol. The lowest BCUT2D eigenvalue weighted by Crippen LogP contribution is -2.38. The lowest BCUT2D eigenvalue weighted by molar-refractivity contribution is -0.125. The molecule has 0 bridgehead atoms. The molecule has 5 heteroatoms. The number of hydrogen-bond acceptors (Lipinski definition) is 4. The number of Topliss-reactive ketones (excluding diaryl/α,β-unsaturated/α-hetero) is 1. The molecule has 2 N–H and O–H groups in total. The van der Waals surface area contributed by atoms with E-state index in [0.717, 1.165) is 22.9 Å². The third-order valence-electron chi connectivity index (χ3n) is 5.52. The second-order valence-corrected chi connectivity index (χ2v) is 7.59. The molecule has 4 rings (SSSR count). The van der Waals surface area contributed by atoms with Crippen LogP contribution in [0.2, 0.25) is 0 Å². The van der Waals surface area contributed by atoms with Gasteiger partial charge in [-0.05, 0) is 24.1 Å². The van der Waals surface area contributed by atoms with Crippen LogP contribution in [0.25, 0.3) is 17.0 Å². The van der Waals surface area contributed by atoms with E-state index in [0.29, 0.717) is 17.8 Å². The molecule has 1 aliphatic carbocycles. The minimum absolute atomic E-state index is 0.0512. The number of pyridine rings is 1. The van der Waals surface area contributed by atoms with Crippen LogP contribution in [0.15, 0.2) is 66.4 Å². The van der Waals surface area contributed by atoms with Crippen LogP contribution < -0.4 is 5.32 Å². The average molecular weight is 400 g/mol. The Morgan fingerprint density at radius 3 is 2.57 bits per heavy atom. The summed E-state index contributed by atoms with van der Waals surface area (Å²) in [7, 11) is 0. The summed E-state index contributed by atoms with van der Waals surface area (Å²) in [5, 5.41) is 14.6. The summed E-state index contributed by atoms with van der Waals surface area (Å²) in [6.45, 7) is 2.49. The summed E-state index contributed by atoms with van der Waals surface area (Å²) in [5.41, 5.74) is 2.82. The van der Waals surface area contributed by atoms with Crippen molar-refractivity contribution in [1.82, 2.24) is 10.3 Å². The molecule has 2 atom stereocenters. The van der Waals surface area contributed by atoms with Crippen LogP contribution in [0.4, 0.5) is 0 Å². The maximum Gasteiger partial charge on any atom is 0.231 e. The first kappa shape index (κ1) is 19.8. The molecule has 0 aliphatic heterocycles. The Hall–Kier alpha value is -3.47. The van der Waals surface area contributed by atoms with Gasteiger partial charge in [0, 0.05) is 35.9 Å². The van der Waals surface area contributed by atoms with Gasteiger partial charge in [-0.15, -0.1) is 0 Å². The topological polar surface area (TPSA) is 79.3 Å². The van der Waals surface area contributed by atoms with Gasteiger partial charge in [0.25, 0.3) is 0 Å². The standard InChI is InChI=1S/C25H24N2O3/c1-2-12-26-25(30)24-19(14-22(28)16-8-4-3-5-9-16)18-13-17-10-6-7-11-20(17)27-21(18)15-23(24)29/h3-11,13,15,19,24,29H,2,12,14H2,1H3,(H,26,30). The maximum absolute atomic E-state index is 13.0. The highest BCUT2D eigenvalue weighted by Crippen LogP contribution is 2.41. The molecular formula is C25H24N2O3. The van der Waals surface area contributed by atoms with Gasteiger partial charge in [-0.25, -0.2) is 4.98 Å². The third kappa shape index (κ3) is 3.83. The number of rotatable bonds is 6. The van der Waals surface area contributed by atoms with E-state index in [1.807, 2.05) is 55.5 Å². The van der Waals surface area contributed by atoms with E-state index in [1.165, 1.54) is 0 Å². The Morgan fingerprint density at radius 1 is 1.07 bits per heavy atom. The first-order valence-corrected chi connectivity index (χ1v) is 10.2. The van der Waals surface area contributed by atoms with Crippen molar-refractivity contribution >= 4 is 28.7 Å². The monoisotopic (exact) mass is 400 g/mol. The average Bonchev–Trinajstić information content (AvgIpc) is 2.77. The number of para-hydroxylation sites is 1. The third-order valence-corrected chi connectivity index (χ3v) is 5.52. The first-order chi connectivity index (χ1) is 14.6. The van der Waals surface area contributed by atoms with Crippen LogP contribution in [0.3, 0.4) is 0 Å². The number of aliphatic hydroxyl groups excluding tert-OH is 1. The Kier molecular flexibility index (Phi) is 5.61. The van der Waals surface area contributed by atoms with Gasteiger partial charge >= 0.3 is 0 Å². The number of aromatic nitrogens is 1. The number of hydrogen-bond donors (Lipinski definition) is 2. The Bertz CT molecular complexity index is 1120. The summed E-state index contributed by atoms with van der Waals surface area (Å²) < 4.78 is 0. The molecule has 0 fully saturated rings. The summed E-state index contributed by atoms with van der Waals surface area (Å²) in [5.74, 6) is -1.70. The van der Waals surface area contributed by atoms with Crippen molar-refractivity contribution in [3.63, 3.8) is 0 Å². The van der Waals surface area contributed by atoms with Crippen molar-refractivity contribution in [3.05, 3.63) is 83.2 Å². The summed E-state index contributed by atoms with van der Waals surface area (Å²) in [6, 6.07) is 18.7. The molecular weight excluding hydrogens is 376 g/mol. The van der Waals surface area contributed by atoms with Crippen molar-refractivity contribution in [2.24, 2.45) is 5.92 Å². The van der Waals surface area contributed by atoms with Crippen molar-refractivity contribution in [3.8, 4) is 0 Å². The molecule has 1 heterocycles. The van der Waals surface area contributed by atoms with E-state index in [1.54, 1.807) is 18.2 Å². The second kappa shape index (κ2) is 8.49. The number of nitrogens with one attached hydrogen (secondary N) is 1. The van der Waals surface area contributed by atoms with E-state index in [-0.39, 0.29) is 23.9 Å². The molecule has 152 valence electrons. The van der Waals surface area contributed by atoms with Crippen LogP contribution >= 0.6 is 0 Å². The number of fused-ring (bicyclic) bond motifs is 2. The molecule has 0 radical (unpaired) electrons. The number of ketones is 1. The van der Waals surface area contributed by atoms with Crippen molar-refractivity contribution in [1.29, 1.82) is 0 Å². The van der Waals surface area contributed by atoms with Crippen molar-refractivity contribution < 1.29 is 14.7 Å². The maximum atomic E-state index is 13.0. The van der Waals surface area contributed by atoms with Crippen molar-refractivity contribution in [2.45, 2.75) is 25.7 Å². The number of nitrogens with zero attached hydrogens (tertiary/aromatic N) is 1. The molecule has 2 aromatic carbocycles. The summed E-state index contributed by atoms with van der Waals surface area (Å²) in [6.07, 6.45) is 2.46. The molecule has 2 unspecified atom stereocenters. The first-order valence-electron chi connectivity index (χ1n) is 10.2. The van der Waals surface area contributed by atoms with Crippen LogP contribution in [-0.4, -0.2) is 28.3 Å². The minimum Gasteiger partial charge on any atom is -0.511 e. The lowest BCUT2D eigenvalue weighted by atomic mass is 9.75. The van der Waals surface area contributed by atoms with E-state index in [2.05, 4.69) is 10.3 Å². The molecule has 5 nitrogen and oxygen atoms in total. The number of carbonyl (C=O) groups excluding carboxylic acids is 2. The molecule has 0 saturated carbocycles. The van der Waals surface area contributed by atoms with Crippen molar-refractivity contribution in [2.75, 3.05) is 6.54 Å². The van der Waals surface area contributed by atoms with Gasteiger partial charge in [0.2, 0.25) is 5.91 Å². The normalized spacial score (nSPS) is 17.8. The Morgan fingerprint density at radius 2 is 1.80 bits per heavy atom. The van der Waals surface area contributed by atoms with Gasteiger partial charge in [-0.2, -0.15) is 0 Å². The minimum atomic E-state index is -0.820. The lowest BCUT2D eigenvalue weighted by Gasteiger charge is -2.30. The zero-order valence-corrected chi connectivity index (χ0v) is 16.8. The van der Waals surface area contributed by atoms with Crippen LogP contribution in [-0.2, 0) is 4.79 Å². The highest BCUT2D eigenvalue weighted by Gasteiger charge is 2.39. The molecule has 3 aromatic rings. The summed E-state index contributed by atoms with van der Waals surface area (Å²) >= 11 is 0. The van der Waals surface area contributed by atoms with E-state index >= 15 is 0 Å². The molecule has 1 aliphatic rings. The Balaban J connectivity index is 1.78. The molecule has 0 spiro atoms. The molecule has 30 heavy (non-hydrogen) atoms. The van der Waals surface area contributed by atoms with Gasteiger partial charge in [0.05, 0.1) is 11.2 Å². The van der Waals surface area contributed by atoms with Gasteiger partial charge in [-0.1, -0.05) is 55.5 Å². The van der Waals surface area contributed by atoms with Gasteiger partial charge in [-0.3, -0.25) is 9.59 Å². The summed E-state index contributed by atoms with van der Waals surface area (Å²) in [4.78, 5) is 30.6. The quantitative estimate of drug-likeness (QED) is 0.591. The van der Waals surface area contributed by atoms with Crippen LogP contribution in [0, 0.1) is 5.92 Å². The Labute approximate surface area is 175 Å². The fraction of sp³-hybridized carbons (Fsp3) is 0.240. The zero-order chi connectivity index (χ0) is 21.1. The van der Waals surface area contributed by atoms with E-state index in [4.69, 9.17) is 0 Å². The van der Waals surface area contributed by atoms with Crippen LogP contribution in [0.1, 0.15) is 47.3 Å². The highest BCUT2D eigenvalue weighted by atomic mass is 16.3. The van der Waals surface area contributed by atoms with Gasteiger partial charge in [0.1, 0.15) is 11.7 Å². The van der Waals surface area contributed by atoms with E-state index < -0.39 is 11.8 Å². The number of carbonyl (C=O) groups is 2. The SMILES string of the molecule is CCCNC(=O)C1C(O)=Cc2nc3ccccc3cc2C1CC(=O)c1ccccc1. The number of benzene rings is 2. The largest absolute Gasteiger partial charge is 0.511 e. The zero-order valence-electron chi connectivity index (χ0n) is 16.8. The number of amides is 1. The highest BCUT2D eigenvalue weighted by molar-refractivity contribution is 5.98. The van der Waals surface area contributed by atoms with Gasteiger partial charge in [0.15, 0.2) is 5.78 Å². The fourth-order valence-corrected chi connectivity index (χ4v) is 4.02. The number of aliphatic hydroxyl groups is 1.